The average molecular weight is 235 g/mol. The first-order valence-electron chi connectivity index (χ1n) is 6.34. The Hall–Kier alpha value is -1.06. The summed E-state index contributed by atoms with van der Waals surface area (Å²) in [6.07, 6.45) is 3.12. The Morgan fingerprint density at radius 1 is 1.29 bits per heavy atom. The zero-order valence-electron chi connectivity index (χ0n) is 10.4. The van der Waals surface area contributed by atoms with Crippen molar-refractivity contribution >= 4 is 0 Å². The third-order valence-electron chi connectivity index (χ3n) is 3.59. The van der Waals surface area contributed by atoms with E-state index in [4.69, 9.17) is 10.5 Å². The van der Waals surface area contributed by atoms with Gasteiger partial charge in [0.2, 0.25) is 0 Å². The predicted octanol–water partition coefficient (Wildman–Crippen LogP) is 2.17. The molecule has 0 aromatic heterocycles. The molecule has 0 aliphatic heterocycles. The smallest absolute Gasteiger partial charge is 0.119 e. The fourth-order valence-electron chi connectivity index (χ4n) is 2.46. The van der Waals surface area contributed by atoms with Gasteiger partial charge in [-0.25, -0.2) is 0 Å². The van der Waals surface area contributed by atoms with Gasteiger partial charge in [0.25, 0.3) is 0 Å². The van der Waals surface area contributed by atoms with Crippen molar-refractivity contribution in [3.05, 3.63) is 29.8 Å². The summed E-state index contributed by atoms with van der Waals surface area (Å²) in [5.41, 5.74) is 7.29. The van der Waals surface area contributed by atoms with Gasteiger partial charge in [0.1, 0.15) is 5.75 Å². The van der Waals surface area contributed by atoms with Crippen molar-refractivity contribution in [3.63, 3.8) is 0 Å². The summed E-state index contributed by atoms with van der Waals surface area (Å²) in [4.78, 5) is 0. The van der Waals surface area contributed by atoms with Crippen molar-refractivity contribution in [3.8, 4) is 5.75 Å². The number of benzene rings is 1. The lowest BCUT2D eigenvalue weighted by atomic mass is 9.76. The van der Waals surface area contributed by atoms with Crippen molar-refractivity contribution in [1.29, 1.82) is 0 Å². The van der Waals surface area contributed by atoms with Crippen LogP contribution in [-0.2, 0) is 5.54 Å². The number of hydrogen-bond acceptors (Lipinski definition) is 3. The molecular weight excluding hydrogens is 214 g/mol. The Labute approximate surface area is 103 Å². The molecule has 3 heteroatoms. The van der Waals surface area contributed by atoms with Crippen LogP contribution in [0.2, 0.25) is 0 Å². The fraction of sp³-hybridized carbons (Fsp3) is 0.571. The van der Waals surface area contributed by atoms with Crippen molar-refractivity contribution in [1.82, 2.24) is 0 Å². The Balaban J connectivity index is 2.10. The maximum absolute atomic E-state index is 9.53. The van der Waals surface area contributed by atoms with Gasteiger partial charge in [-0.1, -0.05) is 12.1 Å². The summed E-state index contributed by atoms with van der Waals surface area (Å²) in [7, 11) is 0. The van der Waals surface area contributed by atoms with Gasteiger partial charge in [0, 0.05) is 5.54 Å². The maximum atomic E-state index is 9.53. The van der Waals surface area contributed by atoms with Crippen molar-refractivity contribution < 1.29 is 9.84 Å². The standard InChI is InChI=1S/C14H21NO2/c1-2-17-13-5-3-11(4-6-13)14(15)9-7-12(16)8-10-14/h3-6,12,16H,2,7-10,15H2,1H3. The highest BCUT2D eigenvalue weighted by Crippen LogP contribution is 2.35. The number of aliphatic hydroxyl groups excluding tert-OH is 1. The number of hydrogen-bond donors (Lipinski definition) is 2. The van der Waals surface area contributed by atoms with E-state index in [-0.39, 0.29) is 11.6 Å². The second-order valence-corrected chi connectivity index (χ2v) is 4.84. The quantitative estimate of drug-likeness (QED) is 0.844. The second-order valence-electron chi connectivity index (χ2n) is 4.84. The lowest BCUT2D eigenvalue weighted by Crippen LogP contribution is -2.41. The Bertz CT molecular complexity index is 353. The Kier molecular flexibility index (Phi) is 3.69. The van der Waals surface area contributed by atoms with Gasteiger partial charge in [0.05, 0.1) is 12.7 Å². The molecule has 0 heterocycles. The monoisotopic (exact) mass is 235 g/mol. The first-order valence-corrected chi connectivity index (χ1v) is 6.34. The van der Waals surface area contributed by atoms with Crippen molar-refractivity contribution in [2.45, 2.75) is 44.2 Å². The molecule has 0 unspecified atom stereocenters. The molecule has 0 spiro atoms. The van der Waals surface area contributed by atoms with E-state index < -0.39 is 0 Å². The molecule has 0 atom stereocenters. The molecule has 0 amide bonds. The van der Waals surface area contributed by atoms with Gasteiger partial charge >= 0.3 is 0 Å². The molecule has 1 aromatic rings. The minimum absolute atomic E-state index is 0.172. The van der Waals surface area contributed by atoms with Crippen LogP contribution in [0.3, 0.4) is 0 Å². The molecular formula is C14H21NO2. The molecule has 17 heavy (non-hydrogen) atoms. The second kappa shape index (κ2) is 5.07. The van der Waals surface area contributed by atoms with Crippen LogP contribution in [0.4, 0.5) is 0 Å². The summed E-state index contributed by atoms with van der Waals surface area (Å²) in [6.45, 7) is 2.65. The van der Waals surface area contributed by atoms with E-state index in [9.17, 15) is 5.11 Å². The summed E-state index contributed by atoms with van der Waals surface area (Å²) in [5.74, 6) is 0.885. The summed E-state index contributed by atoms with van der Waals surface area (Å²) < 4.78 is 5.42. The summed E-state index contributed by atoms with van der Waals surface area (Å²) in [6, 6.07) is 8.03. The van der Waals surface area contributed by atoms with E-state index in [0.717, 1.165) is 37.0 Å². The number of nitrogens with two attached hydrogens (primary N) is 1. The lowest BCUT2D eigenvalue weighted by molar-refractivity contribution is 0.0969. The van der Waals surface area contributed by atoms with E-state index in [0.29, 0.717) is 6.61 Å². The van der Waals surface area contributed by atoms with Crippen molar-refractivity contribution in [2.24, 2.45) is 5.73 Å². The normalized spacial score (nSPS) is 29.0. The third kappa shape index (κ3) is 2.79. The van der Waals surface area contributed by atoms with Crippen LogP contribution < -0.4 is 10.5 Å². The number of aliphatic hydroxyl groups is 1. The third-order valence-corrected chi connectivity index (χ3v) is 3.59. The van der Waals surface area contributed by atoms with Crippen LogP contribution in [0.1, 0.15) is 38.2 Å². The molecule has 1 aliphatic carbocycles. The fourth-order valence-corrected chi connectivity index (χ4v) is 2.46. The van der Waals surface area contributed by atoms with Gasteiger partial charge in [-0.15, -0.1) is 0 Å². The molecule has 3 N–H and O–H groups in total. The molecule has 3 nitrogen and oxygen atoms in total. The largest absolute Gasteiger partial charge is 0.494 e. The molecule has 0 saturated heterocycles. The van der Waals surface area contributed by atoms with Gasteiger partial charge < -0.3 is 15.6 Å². The lowest BCUT2D eigenvalue weighted by Gasteiger charge is -2.36. The van der Waals surface area contributed by atoms with Crippen LogP contribution in [0, 0.1) is 0 Å². The van der Waals surface area contributed by atoms with E-state index in [1.807, 2.05) is 31.2 Å². The van der Waals surface area contributed by atoms with Crippen LogP contribution in [0.25, 0.3) is 0 Å². The Morgan fingerprint density at radius 2 is 1.88 bits per heavy atom. The number of ether oxygens (including phenoxy) is 1. The summed E-state index contributed by atoms with van der Waals surface area (Å²) in [5, 5.41) is 9.53. The minimum atomic E-state index is -0.274. The van der Waals surface area contributed by atoms with Crippen LogP contribution in [-0.4, -0.2) is 17.8 Å². The van der Waals surface area contributed by atoms with Crippen LogP contribution in [0.15, 0.2) is 24.3 Å². The van der Waals surface area contributed by atoms with Crippen LogP contribution in [0.5, 0.6) is 5.75 Å². The molecule has 1 aromatic carbocycles. The van der Waals surface area contributed by atoms with Gasteiger partial charge in [-0.05, 0) is 50.3 Å². The van der Waals surface area contributed by atoms with Crippen molar-refractivity contribution in [2.75, 3.05) is 6.61 Å². The highest BCUT2D eigenvalue weighted by molar-refractivity contribution is 5.32. The minimum Gasteiger partial charge on any atom is -0.494 e. The van der Waals surface area contributed by atoms with E-state index >= 15 is 0 Å². The van der Waals surface area contributed by atoms with Gasteiger partial charge in [0.15, 0.2) is 0 Å². The molecule has 1 aliphatic rings. The molecule has 1 saturated carbocycles. The highest BCUT2D eigenvalue weighted by atomic mass is 16.5. The Morgan fingerprint density at radius 3 is 2.41 bits per heavy atom. The molecule has 94 valence electrons. The van der Waals surface area contributed by atoms with Gasteiger partial charge in [-0.3, -0.25) is 0 Å². The van der Waals surface area contributed by atoms with Crippen LogP contribution >= 0.6 is 0 Å². The highest BCUT2D eigenvalue weighted by Gasteiger charge is 2.32. The van der Waals surface area contributed by atoms with E-state index in [1.54, 1.807) is 0 Å². The SMILES string of the molecule is CCOc1ccc(C2(N)CCC(O)CC2)cc1. The maximum Gasteiger partial charge on any atom is 0.119 e. The molecule has 2 rings (SSSR count). The first-order chi connectivity index (χ1) is 8.14. The average Bonchev–Trinajstić information content (AvgIpc) is 2.35. The van der Waals surface area contributed by atoms with E-state index in [1.165, 1.54) is 0 Å². The van der Waals surface area contributed by atoms with E-state index in [2.05, 4.69) is 0 Å². The zero-order chi connectivity index (χ0) is 12.3. The van der Waals surface area contributed by atoms with Gasteiger partial charge in [-0.2, -0.15) is 0 Å². The summed E-state index contributed by atoms with van der Waals surface area (Å²) >= 11 is 0. The topological polar surface area (TPSA) is 55.5 Å². The molecule has 0 radical (unpaired) electrons. The predicted molar refractivity (Wildman–Crippen MR) is 68.0 cm³/mol. The molecule has 1 fully saturated rings. The molecule has 0 bridgehead atoms. The zero-order valence-corrected chi connectivity index (χ0v) is 10.4. The number of rotatable bonds is 3. The first kappa shape index (κ1) is 12.4.